The highest BCUT2D eigenvalue weighted by molar-refractivity contribution is 7.15. The van der Waals surface area contributed by atoms with Crippen LogP contribution in [0.5, 0.6) is 0 Å². The second-order valence-electron chi connectivity index (χ2n) is 5.61. The Balaban J connectivity index is 2.21. The van der Waals surface area contributed by atoms with Crippen molar-refractivity contribution in [2.45, 2.75) is 33.7 Å². The molecule has 0 radical (unpaired) electrons. The summed E-state index contributed by atoms with van der Waals surface area (Å²) >= 11 is 1.56. The molecule has 0 atom stereocenters. The predicted molar refractivity (Wildman–Crippen MR) is 88.7 cm³/mol. The normalized spacial score (nSPS) is 10.5. The van der Waals surface area contributed by atoms with Gasteiger partial charge in [0.05, 0.1) is 29.4 Å². The van der Waals surface area contributed by atoms with E-state index in [9.17, 15) is 4.79 Å². The maximum absolute atomic E-state index is 12.0. The molecule has 2 rings (SSSR count). The smallest absolute Gasteiger partial charge is 0.224 e. The lowest BCUT2D eigenvalue weighted by Gasteiger charge is -2.18. The third-order valence-electron chi connectivity index (χ3n) is 3.17. The van der Waals surface area contributed by atoms with Gasteiger partial charge in [0, 0.05) is 13.3 Å². The predicted octanol–water partition coefficient (Wildman–Crippen LogP) is 3.77. The van der Waals surface area contributed by atoms with Crippen molar-refractivity contribution in [3.8, 4) is 6.07 Å². The minimum absolute atomic E-state index is 0.0258. The molecule has 0 bridgehead atoms. The summed E-state index contributed by atoms with van der Waals surface area (Å²) in [5.74, 6) is 0.513. The molecule has 0 aliphatic carbocycles. The van der Waals surface area contributed by atoms with E-state index in [1.807, 2.05) is 18.2 Å². The van der Waals surface area contributed by atoms with Crippen molar-refractivity contribution >= 4 is 22.2 Å². The lowest BCUT2D eigenvalue weighted by molar-refractivity contribution is -0.116. The fourth-order valence-corrected chi connectivity index (χ4v) is 3.31. The molecular weight excluding hydrogens is 294 g/mol. The van der Waals surface area contributed by atoms with Gasteiger partial charge in [-0.25, -0.2) is 4.98 Å². The quantitative estimate of drug-likeness (QED) is 0.844. The minimum atomic E-state index is -0.0258. The Hall–Kier alpha value is -2.19. The number of nitriles is 1. The zero-order valence-electron chi connectivity index (χ0n) is 13.0. The van der Waals surface area contributed by atoms with Gasteiger partial charge in [0.1, 0.15) is 5.00 Å². The molecule has 0 aliphatic heterocycles. The standard InChI is InChI=1S/C17H19N3OS/c1-12(2)7-16-19-10-17(22-16)20(13(3)21)11-15-6-4-5-14(8-15)9-18/h4-6,8,10,12H,7,11H2,1-3H3. The first-order valence-corrected chi connectivity index (χ1v) is 8.03. The Morgan fingerprint density at radius 3 is 2.86 bits per heavy atom. The highest BCUT2D eigenvalue weighted by Crippen LogP contribution is 2.27. The van der Waals surface area contributed by atoms with E-state index in [1.54, 1.807) is 35.4 Å². The molecule has 2 aromatic rings. The molecule has 0 N–H and O–H groups in total. The largest absolute Gasteiger partial charge is 0.298 e. The highest BCUT2D eigenvalue weighted by Gasteiger charge is 2.16. The van der Waals surface area contributed by atoms with Crippen LogP contribution in [0.25, 0.3) is 0 Å². The Kier molecular flexibility index (Phi) is 5.29. The van der Waals surface area contributed by atoms with Crippen molar-refractivity contribution in [2.24, 2.45) is 5.92 Å². The second-order valence-corrected chi connectivity index (χ2v) is 6.70. The van der Waals surface area contributed by atoms with Crippen molar-refractivity contribution < 1.29 is 4.79 Å². The molecule has 1 aromatic carbocycles. The zero-order chi connectivity index (χ0) is 16.1. The van der Waals surface area contributed by atoms with Crippen LogP contribution in [0, 0.1) is 17.2 Å². The van der Waals surface area contributed by atoms with Crippen LogP contribution < -0.4 is 4.90 Å². The lowest BCUT2D eigenvalue weighted by Crippen LogP contribution is -2.26. The fraction of sp³-hybridized carbons (Fsp3) is 0.353. The van der Waals surface area contributed by atoms with Crippen molar-refractivity contribution in [3.05, 3.63) is 46.6 Å². The minimum Gasteiger partial charge on any atom is -0.298 e. The van der Waals surface area contributed by atoms with Gasteiger partial charge in [-0.2, -0.15) is 5.26 Å². The van der Waals surface area contributed by atoms with Gasteiger partial charge in [-0.15, -0.1) is 11.3 Å². The number of carbonyl (C=O) groups is 1. The summed E-state index contributed by atoms with van der Waals surface area (Å²) in [6.07, 6.45) is 2.68. The van der Waals surface area contributed by atoms with E-state index < -0.39 is 0 Å². The molecule has 0 spiro atoms. The molecular formula is C17H19N3OS. The molecule has 4 nitrogen and oxygen atoms in total. The van der Waals surface area contributed by atoms with Crippen molar-refractivity contribution in [1.29, 1.82) is 5.26 Å². The second kappa shape index (κ2) is 7.19. The van der Waals surface area contributed by atoms with Crippen molar-refractivity contribution in [3.63, 3.8) is 0 Å². The molecule has 0 saturated heterocycles. The lowest BCUT2D eigenvalue weighted by atomic mass is 10.1. The number of nitrogens with zero attached hydrogens (tertiary/aromatic N) is 3. The van der Waals surface area contributed by atoms with Crippen LogP contribution in [0.3, 0.4) is 0 Å². The van der Waals surface area contributed by atoms with Gasteiger partial charge in [0.2, 0.25) is 5.91 Å². The fourth-order valence-electron chi connectivity index (χ4n) is 2.14. The monoisotopic (exact) mass is 313 g/mol. The molecule has 22 heavy (non-hydrogen) atoms. The molecule has 1 aromatic heterocycles. The van der Waals surface area contributed by atoms with Crippen LogP contribution in [0.15, 0.2) is 30.5 Å². The summed E-state index contributed by atoms with van der Waals surface area (Å²) in [7, 11) is 0. The summed E-state index contributed by atoms with van der Waals surface area (Å²) in [5.41, 5.74) is 1.54. The summed E-state index contributed by atoms with van der Waals surface area (Å²) in [6.45, 7) is 6.30. The zero-order valence-corrected chi connectivity index (χ0v) is 13.9. The van der Waals surface area contributed by atoms with Gasteiger partial charge in [-0.3, -0.25) is 9.69 Å². The topological polar surface area (TPSA) is 57.0 Å². The molecule has 0 saturated carbocycles. The van der Waals surface area contributed by atoms with Crippen molar-refractivity contribution in [2.75, 3.05) is 4.90 Å². The van der Waals surface area contributed by atoms with Crippen LogP contribution in [0.1, 0.15) is 36.9 Å². The Labute approximate surface area is 135 Å². The number of benzene rings is 1. The number of hydrogen-bond acceptors (Lipinski definition) is 4. The van der Waals surface area contributed by atoms with Gasteiger partial charge in [-0.1, -0.05) is 26.0 Å². The van der Waals surface area contributed by atoms with Gasteiger partial charge in [-0.05, 0) is 23.6 Å². The molecule has 114 valence electrons. The number of carbonyl (C=O) groups excluding carboxylic acids is 1. The maximum Gasteiger partial charge on any atom is 0.224 e. The van der Waals surface area contributed by atoms with Gasteiger partial charge >= 0.3 is 0 Å². The van der Waals surface area contributed by atoms with Crippen LogP contribution in [-0.4, -0.2) is 10.9 Å². The van der Waals surface area contributed by atoms with E-state index in [0.717, 1.165) is 22.0 Å². The Bertz CT molecular complexity index is 700. The number of amides is 1. The molecule has 0 fully saturated rings. The molecule has 1 amide bonds. The number of hydrogen-bond donors (Lipinski definition) is 0. The van der Waals surface area contributed by atoms with Crippen LogP contribution >= 0.6 is 11.3 Å². The van der Waals surface area contributed by atoms with Crippen molar-refractivity contribution in [1.82, 2.24) is 4.98 Å². The first kappa shape index (κ1) is 16.2. The summed E-state index contributed by atoms with van der Waals surface area (Å²) < 4.78 is 0. The summed E-state index contributed by atoms with van der Waals surface area (Å²) in [6, 6.07) is 9.45. The first-order chi connectivity index (χ1) is 10.5. The number of rotatable bonds is 5. The SMILES string of the molecule is CC(=O)N(Cc1cccc(C#N)c1)c1cnc(CC(C)C)s1. The van der Waals surface area contributed by atoms with Gasteiger partial charge in [0.15, 0.2) is 0 Å². The van der Waals surface area contributed by atoms with Crippen LogP contribution in [0.2, 0.25) is 0 Å². The maximum atomic E-state index is 12.0. The molecule has 1 heterocycles. The van der Waals surface area contributed by atoms with E-state index in [-0.39, 0.29) is 5.91 Å². The van der Waals surface area contributed by atoms with E-state index in [1.165, 1.54) is 0 Å². The first-order valence-electron chi connectivity index (χ1n) is 7.21. The van der Waals surface area contributed by atoms with E-state index >= 15 is 0 Å². The third kappa shape index (κ3) is 4.15. The van der Waals surface area contributed by atoms with Gasteiger partial charge in [0.25, 0.3) is 0 Å². The average Bonchev–Trinajstić information content (AvgIpc) is 2.92. The number of thiazole rings is 1. The molecule has 0 unspecified atom stereocenters. The van der Waals surface area contributed by atoms with E-state index in [2.05, 4.69) is 24.9 Å². The molecule has 0 aliphatic rings. The Morgan fingerprint density at radius 1 is 1.45 bits per heavy atom. The van der Waals surface area contributed by atoms with E-state index in [0.29, 0.717) is 18.0 Å². The number of aromatic nitrogens is 1. The van der Waals surface area contributed by atoms with Crippen LogP contribution in [0.4, 0.5) is 5.00 Å². The highest BCUT2D eigenvalue weighted by atomic mass is 32.1. The van der Waals surface area contributed by atoms with E-state index in [4.69, 9.17) is 5.26 Å². The summed E-state index contributed by atoms with van der Waals surface area (Å²) in [5, 5.41) is 10.9. The van der Waals surface area contributed by atoms with Crippen LogP contribution in [-0.2, 0) is 17.8 Å². The third-order valence-corrected chi connectivity index (χ3v) is 4.21. The molecule has 5 heteroatoms. The average molecular weight is 313 g/mol. The Morgan fingerprint density at radius 2 is 2.23 bits per heavy atom. The van der Waals surface area contributed by atoms with Gasteiger partial charge < -0.3 is 0 Å². The number of anilines is 1. The summed E-state index contributed by atoms with van der Waals surface area (Å²) in [4.78, 5) is 18.1.